The molecule has 2 aromatic rings. The van der Waals surface area contributed by atoms with Crippen molar-refractivity contribution in [2.75, 3.05) is 25.1 Å². The van der Waals surface area contributed by atoms with Gasteiger partial charge in [0.05, 0.1) is 13.2 Å². The fourth-order valence-corrected chi connectivity index (χ4v) is 2.55. The van der Waals surface area contributed by atoms with Gasteiger partial charge in [-0.1, -0.05) is 18.2 Å². The SMILES string of the molecule is Cc1cccc(NC(=O)COC(=O)/C=C/c2ccc3c(c2)OCCCO3)c1. The van der Waals surface area contributed by atoms with Crippen LogP contribution in [0.1, 0.15) is 17.5 Å². The molecular formula is C21H21NO5. The van der Waals surface area contributed by atoms with E-state index in [0.717, 1.165) is 17.5 Å². The quantitative estimate of drug-likeness (QED) is 0.648. The minimum atomic E-state index is -0.596. The van der Waals surface area contributed by atoms with Gasteiger partial charge in [-0.2, -0.15) is 0 Å². The summed E-state index contributed by atoms with van der Waals surface area (Å²) in [6.45, 7) is 2.80. The summed E-state index contributed by atoms with van der Waals surface area (Å²) in [4.78, 5) is 23.7. The average molecular weight is 367 g/mol. The zero-order chi connectivity index (χ0) is 19.1. The van der Waals surface area contributed by atoms with Crippen LogP contribution in [0.3, 0.4) is 0 Å². The standard InChI is InChI=1S/C21H21NO5/c1-15-4-2-5-17(12-15)22-20(23)14-27-21(24)9-7-16-6-8-18-19(13-16)26-11-3-10-25-18/h2,4-9,12-13H,3,10-11,14H2,1H3,(H,22,23)/b9-7+. The van der Waals surface area contributed by atoms with Crippen molar-refractivity contribution in [2.45, 2.75) is 13.3 Å². The highest BCUT2D eigenvalue weighted by Gasteiger charge is 2.10. The Balaban J connectivity index is 1.50. The summed E-state index contributed by atoms with van der Waals surface area (Å²) in [5, 5.41) is 2.68. The van der Waals surface area contributed by atoms with Crippen LogP contribution in [0.4, 0.5) is 5.69 Å². The van der Waals surface area contributed by atoms with Crippen LogP contribution in [0.2, 0.25) is 0 Å². The maximum Gasteiger partial charge on any atom is 0.331 e. The lowest BCUT2D eigenvalue weighted by atomic mass is 10.2. The number of hydrogen-bond acceptors (Lipinski definition) is 5. The molecule has 1 aliphatic heterocycles. The Bertz CT molecular complexity index is 859. The summed E-state index contributed by atoms with van der Waals surface area (Å²) in [5.74, 6) is 0.361. The van der Waals surface area contributed by atoms with E-state index in [4.69, 9.17) is 14.2 Å². The van der Waals surface area contributed by atoms with Gasteiger partial charge in [-0.25, -0.2) is 4.79 Å². The topological polar surface area (TPSA) is 73.9 Å². The van der Waals surface area contributed by atoms with Gasteiger partial charge >= 0.3 is 5.97 Å². The summed E-state index contributed by atoms with van der Waals surface area (Å²) < 4.78 is 16.1. The predicted molar refractivity (Wildman–Crippen MR) is 102 cm³/mol. The lowest BCUT2D eigenvalue weighted by molar-refractivity contribution is -0.142. The first-order valence-corrected chi connectivity index (χ1v) is 8.71. The van der Waals surface area contributed by atoms with Crippen LogP contribution in [0.25, 0.3) is 6.08 Å². The zero-order valence-electron chi connectivity index (χ0n) is 15.1. The van der Waals surface area contributed by atoms with Crippen molar-refractivity contribution in [1.29, 1.82) is 0 Å². The number of anilines is 1. The van der Waals surface area contributed by atoms with E-state index in [-0.39, 0.29) is 6.61 Å². The Labute approximate surface area is 157 Å². The second-order valence-corrected chi connectivity index (χ2v) is 6.12. The van der Waals surface area contributed by atoms with E-state index >= 15 is 0 Å². The maximum absolute atomic E-state index is 11.9. The van der Waals surface area contributed by atoms with Crippen molar-refractivity contribution in [3.63, 3.8) is 0 Å². The molecule has 0 fully saturated rings. The van der Waals surface area contributed by atoms with E-state index in [1.807, 2.05) is 31.2 Å². The highest BCUT2D eigenvalue weighted by Crippen LogP contribution is 2.30. The normalized spacial score (nSPS) is 13.1. The molecule has 1 heterocycles. The van der Waals surface area contributed by atoms with Gasteiger partial charge in [0.25, 0.3) is 5.91 Å². The molecule has 0 saturated carbocycles. The molecule has 0 saturated heterocycles. The fraction of sp³-hybridized carbons (Fsp3) is 0.238. The largest absolute Gasteiger partial charge is 0.490 e. The number of hydrogen-bond donors (Lipinski definition) is 1. The van der Waals surface area contributed by atoms with Crippen LogP contribution in [0.5, 0.6) is 11.5 Å². The fourth-order valence-electron chi connectivity index (χ4n) is 2.55. The van der Waals surface area contributed by atoms with Gasteiger partial charge in [0.1, 0.15) is 0 Å². The molecule has 0 spiro atoms. The van der Waals surface area contributed by atoms with Crippen LogP contribution in [-0.4, -0.2) is 31.7 Å². The molecule has 0 aliphatic carbocycles. The third-order valence-electron chi connectivity index (χ3n) is 3.83. The van der Waals surface area contributed by atoms with Crippen molar-refractivity contribution in [1.82, 2.24) is 0 Å². The monoisotopic (exact) mass is 367 g/mol. The van der Waals surface area contributed by atoms with E-state index in [2.05, 4.69) is 5.32 Å². The highest BCUT2D eigenvalue weighted by atomic mass is 16.5. The minimum Gasteiger partial charge on any atom is -0.490 e. The molecule has 1 N–H and O–H groups in total. The average Bonchev–Trinajstić information content (AvgIpc) is 2.89. The van der Waals surface area contributed by atoms with Gasteiger partial charge in [-0.15, -0.1) is 0 Å². The first-order valence-electron chi connectivity index (χ1n) is 8.71. The Kier molecular flexibility index (Phi) is 6.10. The number of amides is 1. The van der Waals surface area contributed by atoms with Crippen molar-refractivity contribution >= 4 is 23.6 Å². The summed E-state index contributed by atoms with van der Waals surface area (Å²) in [7, 11) is 0. The van der Waals surface area contributed by atoms with Gasteiger partial charge in [0, 0.05) is 18.2 Å². The molecule has 3 rings (SSSR count). The van der Waals surface area contributed by atoms with Gasteiger partial charge < -0.3 is 19.5 Å². The van der Waals surface area contributed by atoms with Crippen molar-refractivity contribution < 1.29 is 23.8 Å². The number of rotatable bonds is 5. The molecule has 0 aromatic heterocycles. The van der Waals surface area contributed by atoms with Crippen LogP contribution in [0.15, 0.2) is 48.5 Å². The summed E-state index contributed by atoms with van der Waals surface area (Å²) in [6, 6.07) is 12.8. The van der Waals surface area contributed by atoms with Crippen LogP contribution < -0.4 is 14.8 Å². The molecular weight excluding hydrogens is 346 g/mol. The predicted octanol–water partition coefficient (Wildman–Crippen LogP) is 3.35. The van der Waals surface area contributed by atoms with E-state index in [0.29, 0.717) is 30.4 Å². The first kappa shape index (κ1) is 18.5. The first-order chi connectivity index (χ1) is 13.1. The number of aryl methyl sites for hydroxylation is 1. The number of fused-ring (bicyclic) bond motifs is 1. The number of ether oxygens (including phenoxy) is 3. The van der Waals surface area contributed by atoms with Crippen LogP contribution in [0, 0.1) is 6.92 Å². The molecule has 0 unspecified atom stereocenters. The van der Waals surface area contributed by atoms with Gasteiger partial charge in [0.2, 0.25) is 0 Å². The molecule has 6 nitrogen and oxygen atoms in total. The molecule has 6 heteroatoms. The zero-order valence-corrected chi connectivity index (χ0v) is 15.1. The molecule has 1 amide bonds. The molecule has 1 aliphatic rings. The number of carbonyl (C=O) groups excluding carboxylic acids is 2. The molecule has 2 aromatic carbocycles. The Morgan fingerprint density at radius 2 is 1.93 bits per heavy atom. The molecule has 0 atom stereocenters. The molecule has 27 heavy (non-hydrogen) atoms. The van der Waals surface area contributed by atoms with E-state index in [1.54, 1.807) is 24.3 Å². The number of benzene rings is 2. The third kappa shape index (κ3) is 5.60. The number of nitrogens with one attached hydrogen (secondary N) is 1. The van der Waals surface area contributed by atoms with E-state index in [1.165, 1.54) is 6.08 Å². The number of carbonyl (C=O) groups is 2. The van der Waals surface area contributed by atoms with Gasteiger partial charge in [-0.05, 0) is 48.4 Å². The van der Waals surface area contributed by atoms with E-state index in [9.17, 15) is 9.59 Å². The Morgan fingerprint density at radius 1 is 1.11 bits per heavy atom. The third-order valence-corrected chi connectivity index (χ3v) is 3.83. The molecule has 0 bridgehead atoms. The van der Waals surface area contributed by atoms with Gasteiger partial charge in [-0.3, -0.25) is 4.79 Å². The smallest absolute Gasteiger partial charge is 0.331 e. The van der Waals surface area contributed by atoms with Crippen molar-refractivity contribution in [2.24, 2.45) is 0 Å². The highest BCUT2D eigenvalue weighted by molar-refractivity contribution is 5.94. The second-order valence-electron chi connectivity index (χ2n) is 6.12. The summed E-state index contributed by atoms with van der Waals surface area (Å²) >= 11 is 0. The summed E-state index contributed by atoms with van der Waals surface area (Å²) in [6.07, 6.45) is 3.71. The van der Waals surface area contributed by atoms with Crippen molar-refractivity contribution in [3.8, 4) is 11.5 Å². The van der Waals surface area contributed by atoms with Crippen LogP contribution >= 0.6 is 0 Å². The Hall–Kier alpha value is -3.28. The lowest BCUT2D eigenvalue weighted by Gasteiger charge is -2.07. The lowest BCUT2D eigenvalue weighted by Crippen LogP contribution is -2.20. The maximum atomic E-state index is 11.9. The van der Waals surface area contributed by atoms with Gasteiger partial charge in [0.15, 0.2) is 18.1 Å². The minimum absolute atomic E-state index is 0.349. The number of esters is 1. The summed E-state index contributed by atoms with van der Waals surface area (Å²) in [5.41, 5.74) is 2.47. The van der Waals surface area contributed by atoms with Crippen LogP contribution in [-0.2, 0) is 14.3 Å². The second kappa shape index (κ2) is 8.89. The van der Waals surface area contributed by atoms with Crippen molar-refractivity contribution in [3.05, 3.63) is 59.7 Å². The molecule has 140 valence electrons. The molecule has 0 radical (unpaired) electrons. The Morgan fingerprint density at radius 3 is 2.74 bits per heavy atom. The van der Waals surface area contributed by atoms with E-state index < -0.39 is 11.9 Å².